The molecule has 0 heterocycles. The maximum atomic E-state index is 10.9. The Kier molecular flexibility index (Phi) is 6.89. The topological polar surface area (TPSA) is 69.0 Å². The molecular weight excluding hydrogens is 244 g/mol. The lowest BCUT2D eigenvalue weighted by Gasteiger charge is -2.07. The van der Waals surface area contributed by atoms with Gasteiger partial charge < -0.3 is 10.1 Å². The zero-order valence-electron chi connectivity index (χ0n) is 11.7. The standard InChI is InChI=1S/C14H22N2O3/c1-3-4-8-15-9-5-10-19-14-7-6-12(2)11-13(14)16(17)18/h6-7,11,15H,3-5,8-10H2,1-2H3/p+1. The summed E-state index contributed by atoms with van der Waals surface area (Å²) in [5, 5.41) is 13.2. The van der Waals surface area contributed by atoms with Gasteiger partial charge in [-0.1, -0.05) is 19.4 Å². The Morgan fingerprint density at radius 2 is 2.05 bits per heavy atom. The third-order valence-electron chi connectivity index (χ3n) is 2.88. The lowest BCUT2D eigenvalue weighted by atomic mass is 10.2. The van der Waals surface area contributed by atoms with Gasteiger partial charge in [0.15, 0.2) is 5.75 Å². The van der Waals surface area contributed by atoms with Crippen molar-refractivity contribution in [2.45, 2.75) is 33.1 Å². The van der Waals surface area contributed by atoms with E-state index in [2.05, 4.69) is 12.2 Å². The van der Waals surface area contributed by atoms with E-state index >= 15 is 0 Å². The van der Waals surface area contributed by atoms with Crippen LogP contribution in [0.2, 0.25) is 0 Å². The predicted molar refractivity (Wildman–Crippen MR) is 74.5 cm³/mol. The molecule has 106 valence electrons. The molecule has 0 aliphatic carbocycles. The van der Waals surface area contributed by atoms with Crippen LogP contribution in [0.25, 0.3) is 0 Å². The number of nitro groups is 1. The second-order valence-corrected chi connectivity index (χ2v) is 4.65. The smallest absolute Gasteiger partial charge is 0.311 e. The van der Waals surface area contributed by atoms with Crippen LogP contribution in [0.1, 0.15) is 31.7 Å². The number of ether oxygens (including phenoxy) is 1. The van der Waals surface area contributed by atoms with Gasteiger partial charge in [0, 0.05) is 12.5 Å². The van der Waals surface area contributed by atoms with Gasteiger partial charge in [-0.15, -0.1) is 0 Å². The summed E-state index contributed by atoms with van der Waals surface area (Å²) in [6.45, 7) is 6.67. The van der Waals surface area contributed by atoms with Crippen molar-refractivity contribution in [1.29, 1.82) is 0 Å². The molecule has 0 amide bonds. The van der Waals surface area contributed by atoms with Gasteiger partial charge in [0.1, 0.15) is 0 Å². The monoisotopic (exact) mass is 267 g/mol. The molecule has 0 atom stereocenters. The van der Waals surface area contributed by atoms with Gasteiger partial charge >= 0.3 is 5.69 Å². The van der Waals surface area contributed by atoms with Crippen molar-refractivity contribution in [3.63, 3.8) is 0 Å². The van der Waals surface area contributed by atoms with E-state index in [1.165, 1.54) is 12.8 Å². The van der Waals surface area contributed by atoms with Crippen molar-refractivity contribution in [2.24, 2.45) is 0 Å². The third-order valence-corrected chi connectivity index (χ3v) is 2.88. The largest absolute Gasteiger partial charge is 0.487 e. The van der Waals surface area contributed by atoms with Gasteiger partial charge in [0.25, 0.3) is 0 Å². The number of aryl methyl sites for hydroxylation is 1. The van der Waals surface area contributed by atoms with Crippen LogP contribution in [0, 0.1) is 17.0 Å². The minimum Gasteiger partial charge on any atom is -0.487 e. The maximum Gasteiger partial charge on any atom is 0.311 e. The molecule has 0 aromatic heterocycles. The Morgan fingerprint density at radius 1 is 1.32 bits per heavy atom. The fourth-order valence-electron chi connectivity index (χ4n) is 1.79. The minimum atomic E-state index is -0.393. The zero-order chi connectivity index (χ0) is 14.1. The highest BCUT2D eigenvalue weighted by atomic mass is 16.6. The molecule has 0 saturated carbocycles. The number of rotatable bonds is 9. The van der Waals surface area contributed by atoms with Crippen LogP contribution in [-0.4, -0.2) is 24.6 Å². The van der Waals surface area contributed by atoms with Crippen molar-refractivity contribution in [1.82, 2.24) is 0 Å². The molecule has 0 radical (unpaired) electrons. The van der Waals surface area contributed by atoms with Crippen molar-refractivity contribution in [2.75, 3.05) is 19.7 Å². The number of benzene rings is 1. The minimum absolute atomic E-state index is 0.0509. The van der Waals surface area contributed by atoms with E-state index in [0.29, 0.717) is 12.4 Å². The summed E-state index contributed by atoms with van der Waals surface area (Å²) in [6.07, 6.45) is 3.33. The van der Waals surface area contributed by atoms with Gasteiger partial charge in [0.05, 0.1) is 24.6 Å². The number of nitrogens with zero attached hydrogens (tertiary/aromatic N) is 1. The summed E-state index contributed by atoms with van der Waals surface area (Å²) in [4.78, 5) is 10.5. The second-order valence-electron chi connectivity index (χ2n) is 4.65. The summed E-state index contributed by atoms with van der Waals surface area (Å²) < 4.78 is 5.50. The summed E-state index contributed by atoms with van der Waals surface area (Å²) in [5.41, 5.74) is 0.918. The Balaban J connectivity index is 2.35. The Labute approximate surface area is 114 Å². The molecule has 1 aromatic rings. The van der Waals surface area contributed by atoms with Crippen molar-refractivity contribution in [3.8, 4) is 5.75 Å². The number of nitrogens with two attached hydrogens (primary N) is 1. The zero-order valence-corrected chi connectivity index (χ0v) is 11.7. The van der Waals surface area contributed by atoms with E-state index in [9.17, 15) is 10.1 Å². The highest BCUT2D eigenvalue weighted by Gasteiger charge is 2.14. The molecule has 5 heteroatoms. The molecule has 0 saturated heterocycles. The van der Waals surface area contributed by atoms with E-state index in [1.54, 1.807) is 12.1 Å². The first-order chi connectivity index (χ1) is 9.15. The van der Waals surface area contributed by atoms with Gasteiger partial charge in [-0.2, -0.15) is 0 Å². The van der Waals surface area contributed by atoms with Gasteiger partial charge in [-0.05, 0) is 25.0 Å². The fourth-order valence-corrected chi connectivity index (χ4v) is 1.79. The molecule has 1 aromatic carbocycles. The molecule has 5 nitrogen and oxygen atoms in total. The van der Waals surface area contributed by atoms with Crippen molar-refractivity contribution >= 4 is 5.69 Å². The van der Waals surface area contributed by atoms with Crippen LogP contribution < -0.4 is 10.1 Å². The van der Waals surface area contributed by atoms with Gasteiger partial charge in [0.2, 0.25) is 0 Å². The quantitative estimate of drug-likeness (QED) is 0.423. The van der Waals surface area contributed by atoms with Crippen LogP contribution >= 0.6 is 0 Å². The van der Waals surface area contributed by atoms with E-state index in [1.807, 2.05) is 13.0 Å². The first-order valence-electron chi connectivity index (χ1n) is 6.84. The van der Waals surface area contributed by atoms with E-state index in [0.717, 1.165) is 25.1 Å². The summed E-state index contributed by atoms with van der Waals surface area (Å²) in [7, 11) is 0. The lowest BCUT2D eigenvalue weighted by molar-refractivity contribution is -0.655. The van der Waals surface area contributed by atoms with E-state index in [-0.39, 0.29) is 5.69 Å². The normalized spacial score (nSPS) is 10.4. The number of quaternary nitrogens is 1. The molecule has 0 aliphatic heterocycles. The van der Waals surface area contributed by atoms with E-state index < -0.39 is 4.92 Å². The molecule has 0 unspecified atom stereocenters. The highest BCUT2D eigenvalue weighted by Crippen LogP contribution is 2.27. The summed E-state index contributed by atoms with van der Waals surface area (Å²) in [5.74, 6) is 0.365. The Bertz CT molecular complexity index is 408. The van der Waals surface area contributed by atoms with Crippen LogP contribution in [-0.2, 0) is 0 Å². The average Bonchev–Trinajstić information content (AvgIpc) is 2.39. The third kappa shape index (κ3) is 5.70. The molecule has 0 aliphatic rings. The second kappa shape index (κ2) is 8.48. The number of hydrogen-bond acceptors (Lipinski definition) is 3. The van der Waals surface area contributed by atoms with Gasteiger partial charge in [-0.25, -0.2) is 0 Å². The predicted octanol–water partition coefficient (Wildman–Crippen LogP) is 2.04. The van der Waals surface area contributed by atoms with Crippen LogP contribution in [0.15, 0.2) is 18.2 Å². The molecule has 0 spiro atoms. The number of unbranched alkanes of at least 4 members (excludes halogenated alkanes) is 1. The van der Waals surface area contributed by atoms with Crippen molar-refractivity contribution < 1.29 is 15.0 Å². The Hall–Kier alpha value is -1.62. The lowest BCUT2D eigenvalue weighted by Crippen LogP contribution is -2.84. The van der Waals surface area contributed by atoms with Crippen LogP contribution in [0.5, 0.6) is 5.75 Å². The highest BCUT2D eigenvalue weighted by molar-refractivity contribution is 5.48. The molecule has 0 fully saturated rings. The van der Waals surface area contributed by atoms with E-state index in [4.69, 9.17) is 4.74 Å². The first kappa shape index (κ1) is 15.4. The maximum absolute atomic E-state index is 10.9. The molecular formula is C14H23N2O3+. The SMILES string of the molecule is CCCC[NH2+]CCCOc1ccc(C)cc1[N+](=O)[O-]. The Morgan fingerprint density at radius 3 is 2.74 bits per heavy atom. The number of nitro benzene ring substituents is 1. The number of hydrogen-bond donors (Lipinski definition) is 1. The molecule has 1 rings (SSSR count). The fraction of sp³-hybridized carbons (Fsp3) is 0.571. The summed E-state index contributed by atoms with van der Waals surface area (Å²) in [6, 6.07) is 5.05. The average molecular weight is 267 g/mol. The molecule has 19 heavy (non-hydrogen) atoms. The molecule has 0 bridgehead atoms. The van der Waals surface area contributed by atoms with Gasteiger partial charge in [-0.3, -0.25) is 10.1 Å². The first-order valence-corrected chi connectivity index (χ1v) is 6.84. The van der Waals surface area contributed by atoms with Crippen LogP contribution in [0.3, 0.4) is 0 Å². The van der Waals surface area contributed by atoms with Crippen molar-refractivity contribution in [3.05, 3.63) is 33.9 Å². The summed E-state index contributed by atoms with van der Waals surface area (Å²) >= 11 is 0. The molecule has 2 N–H and O–H groups in total. The van der Waals surface area contributed by atoms with Crippen LogP contribution in [0.4, 0.5) is 5.69 Å².